The van der Waals surface area contributed by atoms with Gasteiger partial charge in [-0.3, -0.25) is 0 Å². The van der Waals surface area contributed by atoms with E-state index in [9.17, 15) is 5.11 Å². The maximum atomic E-state index is 9.73. The van der Waals surface area contributed by atoms with Gasteiger partial charge in [0.1, 0.15) is 11.6 Å². The molecule has 0 aliphatic heterocycles. The third-order valence-electron chi connectivity index (χ3n) is 3.17. The number of hydrogen-bond acceptors (Lipinski definition) is 2. The number of halogens is 1. The Labute approximate surface area is 119 Å². The summed E-state index contributed by atoms with van der Waals surface area (Å²) in [6.45, 7) is 2.13. The summed E-state index contributed by atoms with van der Waals surface area (Å²) in [5.74, 6) is 0.984. The molecule has 3 rings (SSSR count). The first-order chi connectivity index (χ1) is 9.17. The monoisotopic (exact) mass is 316 g/mol. The number of H-pyrrole nitrogens is 1. The number of nitrogens with zero attached hydrogens (tertiary/aromatic N) is 1. The lowest BCUT2D eigenvalue weighted by atomic mass is 10.1. The fraction of sp³-hybridized carbons (Fsp3) is 0.133. The van der Waals surface area contributed by atoms with Gasteiger partial charge in [0.15, 0.2) is 0 Å². The number of phenolic OH excluding ortho intramolecular Hbond substituents is 1. The van der Waals surface area contributed by atoms with E-state index in [4.69, 9.17) is 0 Å². The van der Waals surface area contributed by atoms with Crippen LogP contribution in [0, 0.1) is 0 Å². The zero-order chi connectivity index (χ0) is 13.4. The van der Waals surface area contributed by atoms with Crippen LogP contribution in [-0.4, -0.2) is 15.1 Å². The van der Waals surface area contributed by atoms with Crippen molar-refractivity contribution in [3.63, 3.8) is 0 Å². The second-order valence-electron chi connectivity index (χ2n) is 4.46. The van der Waals surface area contributed by atoms with Crippen molar-refractivity contribution in [2.75, 3.05) is 0 Å². The molecule has 3 nitrogen and oxygen atoms in total. The minimum atomic E-state index is 0.215. The van der Waals surface area contributed by atoms with Gasteiger partial charge >= 0.3 is 0 Å². The highest BCUT2D eigenvalue weighted by Gasteiger charge is 2.07. The molecule has 2 N–H and O–H groups in total. The van der Waals surface area contributed by atoms with E-state index in [0.29, 0.717) is 4.47 Å². The highest BCUT2D eigenvalue weighted by Crippen LogP contribution is 2.29. The third kappa shape index (κ3) is 2.24. The molecular weight excluding hydrogens is 304 g/mol. The van der Waals surface area contributed by atoms with Gasteiger partial charge in [-0.25, -0.2) is 4.98 Å². The summed E-state index contributed by atoms with van der Waals surface area (Å²) in [5, 5.41) is 9.73. The van der Waals surface area contributed by atoms with Gasteiger partial charge in [-0.05, 0) is 58.2 Å². The standard InChI is InChI=1S/C15H13BrN2O/c1-2-9-3-6-12-13(7-9)18-15(17-12)10-4-5-11(16)14(19)8-10/h3-8,19H,2H2,1H3,(H,17,18). The van der Waals surface area contributed by atoms with Gasteiger partial charge in [-0.15, -0.1) is 0 Å². The van der Waals surface area contributed by atoms with E-state index in [1.807, 2.05) is 18.2 Å². The molecule has 0 radical (unpaired) electrons. The summed E-state index contributed by atoms with van der Waals surface area (Å²) < 4.78 is 0.681. The zero-order valence-electron chi connectivity index (χ0n) is 10.4. The molecule has 0 aliphatic rings. The Bertz CT molecular complexity index is 749. The first kappa shape index (κ1) is 12.2. The Hall–Kier alpha value is -1.81. The normalized spacial score (nSPS) is 11.1. The molecule has 4 heteroatoms. The summed E-state index contributed by atoms with van der Waals surface area (Å²) in [6, 6.07) is 11.7. The molecule has 0 spiro atoms. The zero-order valence-corrected chi connectivity index (χ0v) is 12.0. The van der Waals surface area contributed by atoms with Gasteiger partial charge in [-0.1, -0.05) is 13.0 Å². The number of fused-ring (bicyclic) bond motifs is 1. The summed E-state index contributed by atoms with van der Waals surface area (Å²) in [5.41, 5.74) is 4.11. The third-order valence-corrected chi connectivity index (χ3v) is 3.84. The van der Waals surface area contributed by atoms with Gasteiger partial charge in [0.25, 0.3) is 0 Å². The minimum Gasteiger partial charge on any atom is -0.507 e. The molecule has 0 saturated heterocycles. The fourth-order valence-electron chi connectivity index (χ4n) is 2.07. The molecule has 0 bridgehead atoms. The average Bonchev–Trinajstić information content (AvgIpc) is 2.84. The highest BCUT2D eigenvalue weighted by atomic mass is 79.9. The van der Waals surface area contributed by atoms with E-state index < -0.39 is 0 Å². The van der Waals surface area contributed by atoms with Gasteiger partial charge in [0.2, 0.25) is 0 Å². The van der Waals surface area contributed by atoms with Crippen LogP contribution in [0.3, 0.4) is 0 Å². The molecule has 2 aromatic carbocycles. The lowest BCUT2D eigenvalue weighted by Crippen LogP contribution is -1.80. The minimum absolute atomic E-state index is 0.215. The molecule has 0 amide bonds. The molecule has 0 saturated carbocycles. The number of aryl methyl sites for hydroxylation is 1. The molecule has 0 unspecified atom stereocenters. The van der Waals surface area contributed by atoms with E-state index in [1.165, 1.54) is 5.56 Å². The van der Waals surface area contributed by atoms with Crippen molar-refractivity contribution < 1.29 is 5.11 Å². The number of imidazole rings is 1. The first-order valence-electron chi connectivity index (χ1n) is 6.15. The summed E-state index contributed by atoms with van der Waals surface area (Å²) in [7, 11) is 0. The molecule has 19 heavy (non-hydrogen) atoms. The Morgan fingerprint density at radius 3 is 2.79 bits per heavy atom. The van der Waals surface area contributed by atoms with E-state index in [1.54, 1.807) is 6.07 Å². The van der Waals surface area contributed by atoms with Gasteiger partial charge in [0.05, 0.1) is 15.5 Å². The number of benzene rings is 2. The SMILES string of the molecule is CCc1ccc2nc(-c3ccc(Br)c(O)c3)[nH]c2c1. The molecule has 1 heterocycles. The number of hydrogen-bond donors (Lipinski definition) is 2. The molecule has 96 valence electrons. The fourth-order valence-corrected chi connectivity index (χ4v) is 2.32. The van der Waals surface area contributed by atoms with Gasteiger partial charge < -0.3 is 10.1 Å². The second-order valence-corrected chi connectivity index (χ2v) is 5.31. The smallest absolute Gasteiger partial charge is 0.138 e. The largest absolute Gasteiger partial charge is 0.507 e. The van der Waals surface area contributed by atoms with Crippen molar-refractivity contribution >= 4 is 27.0 Å². The lowest BCUT2D eigenvalue weighted by Gasteiger charge is -1.99. The average molecular weight is 317 g/mol. The number of phenols is 1. The number of aromatic hydroxyl groups is 1. The van der Waals surface area contributed by atoms with Gasteiger partial charge in [0, 0.05) is 5.56 Å². The molecule has 0 aliphatic carbocycles. The Balaban J connectivity index is 2.11. The van der Waals surface area contributed by atoms with Crippen LogP contribution in [0.25, 0.3) is 22.4 Å². The molecule has 1 aromatic heterocycles. The van der Waals surface area contributed by atoms with Crippen molar-refractivity contribution in [1.29, 1.82) is 0 Å². The number of nitrogens with one attached hydrogen (secondary N) is 1. The van der Waals surface area contributed by atoms with Crippen LogP contribution in [0.2, 0.25) is 0 Å². The quantitative estimate of drug-likeness (QED) is 0.742. The van der Waals surface area contributed by atoms with E-state index >= 15 is 0 Å². The Morgan fingerprint density at radius 1 is 1.21 bits per heavy atom. The number of aromatic nitrogens is 2. The van der Waals surface area contributed by atoms with Crippen LogP contribution >= 0.6 is 15.9 Å². The van der Waals surface area contributed by atoms with Crippen LogP contribution in [0.5, 0.6) is 5.75 Å². The van der Waals surface area contributed by atoms with Crippen molar-refractivity contribution in [3.8, 4) is 17.1 Å². The van der Waals surface area contributed by atoms with Gasteiger partial charge in [-0.2, -0.15) is 0 Å². The summed E-state index contributed by atoms with van der Waals surface area (Å²) in [4.78, 5) is 7.84. The van der Waals surface area contributed by atoms with Crippen LogP contribution in [0.1, 0.15) is 12.5 Å². The van der Waals surface area contributed by atoms with Crippen molar-refractivity contribution in [2.24, 2.45) is 0 Å². The van der Waals surface area contributed by atoms with E-state index in [0.717, 1.165) is 28.8 Å². The molecule has 0 atom stereocenters. The first-order valence-corrected chi connectivity index (χ1v) is 6.94. The summed E-state index contributed by atoms with van der Waals surface area (Å²) in [6.07, 6.45) is 1.00. The van der Waals surface area contributed by atoms with Crippen molar-refractivity contribution in [2.45, 2.75) is 13.3 Å². The molecule has 3 aromatic rings. The van der Waals surface area contributed by atoms with Crippen molar-refractivity contribution in [1.82, 2.24) is 9.97 Å². The van der Waals surface area contributed by atoms with Crippen LogP contribution in [0.15, 0.2) is 40.9 Å². The van der Waals surface area contributed by atoms with Crippen LogP contribution in [-0.2, 0) is 6.42 Å². The highest BCUT2D eigenvalue weighted by molar-refractivity contribution is 9.10. The maximum Gasteiger partial charge on any atom is 0.138 e. The summed E-state index contributed by atoms with van der Waals surface area (Å²) >= 11 is 3.27. The topological polar surface area (TPSA) is 48.9 Å². The Morgan fingerprint density at radius 2 is 2.05 bits per heavy atom. The predicted molar refractivity (Wildman–Crippen MR) is 80.3 cm³/mol. The molecular formula is C15H13BrN2O. The lowest BCUT2D eigenvalue weighted by molar-refractivity contribution is 0.472. The predicted octanol–water partition coefficient (Wildman–Crippen LogP) is 4.26. The number of rotatable bonds is 2. The maximum absolute atomic E-state index is 9.73. The Kier molecular flexibility index (Phi) is 3.03. The van der Waals surface area contributed by atoms with Crippen LogP contribution < -0.4 is 0 Å². The van der Waals surface area contributed by atoms with Crippen LogP contribution in [0.4, 0.5) is 0 Å². The number of aromatic amines is 1. The second kappa shape index (κ2) is 4.70. The molecule has 0 fully saturated rings. The van der Waals surface area contributed by atoms with Crippen molar-refractivity contribution in [3.05, 3.63) is 46.4 Å². The van der Waals surface area contributed by atoms with E-state index in [-0.39, 0.29) is 5.75 Å². The van der Waals surface area contributed by atoms with E-state index in [2.05, 4.69) is 45.0 Å².